The zero-order chi connectivity index (χ0) is 15.8. The van der Waals surface area contributed by atoms with Crippen LogP contribution >= 0.6 is 15.9 Å². The largest absolute Gasteiger partial charge is 0.452 e. The highest BCUT2D eigenvalue weighted by Crippen LogP contribution is 2.27. The summed E-state index contributed by atoms with van der Waals surface area (Å²) < 4.78 is 5.80. The zero-order valence-corrected chi connectivity index (χ0v) is 14.3. The zero-order valence-electron chi connectivity index (χ0n) is 12.7. The highest BCUT2D eigenvalue weighted by Gasteiger charge is 2.23. The number of unbranched alkanes of at least 4 members (excludes halogenated alkanes) is 1. The van der Waals surface area contributed by atoms with E-state index in [0.717, 1.165) is 30.4 Å². The van der Waals surface area contributed by atoms with Crippen molar-refractivity contribution >= 4 is 21.9 Å². The molecule has 0 saturated heterocycles. The van der Waals surface area contributed by atoms with Crippen molar-refractivity contribution in [2.24, 2.45) is 0 Å². The third-order valence-electron chi connectivity index (χ3n) is 3.51. The maximum atomic E-state index is 12.3. The SMILES string of the molecule is CCCCC(Br)C(=O)OC(c1ccccc1)c1ccccc1. The smallest absolute Gasteiger partial charge is 0.320 e. The summed E-state index contributed by atoms with van der Waals surface area (Å²) in [5.41, 5.74) is 1.97. The van der Waals surface area contributed by atoms with Crippen LogP contribution in [-0.4, -0.2) is 10.8 Å². The Morgan fingerprint density at radius 3 is 1.95 bits per heavy atom. The quantitative estimate of drug-likeness (QED) is 0.496. The van der Waals surface area contributed by atoms with Gasteiger partial charge in [0.05, 0.1) is 0 Å². The van der Waals surface area contributed by atoms with E-state index in [9.17, 15) is 4.79 Å². The first-order valence-corrected chi connectivity index (χ1v) is 8.58. The minimum atomic E-state index is -0.364. The maximum absolute atomic E-state index is 12.3. The number of carbonyl (C=O) groups is 1. The van der Waals surface area contributed by atoms with E-state index in [-0.39, 0.29) is 16.9 Å². The van der Waals surface area contributed by atoms with Crippen LogP contribution in [0.25, 0.3) is 0 Å². The van der Waals surface area contributed by atoms with Crippen LogP contribution in [0.15, 0.2) is 60.7 Å². The predicted octanol–water partition coefficient (Wildman–Crippen LogP) is 5.27. The number of rotatable bonds is 7. The number of benzene rings is 2. The average molecular weight is 361 g/mol. The van der Waals surface area contributed by atoms with Crippen LogP contribution in [0.3, 0.4) is 0 Å². The summed E-state index contributed by atoms with van der Waals surface area (Å²) in [6.45, 7) is 2.11. The summed E-state index contributed by atoms with van der Waals surface area (Å²) in [7, 11) is 0. The lowest BCUT2D eigenvalue weighted by Gasteiger charge is -2.20. The Morgan fingerprint density at radius 2 is 1.50 bits per heavy atom. The molecule has 0 aliphatic rings. The van der Waals surface area contributed by atoms with Gasteiger partial charge in [0.2, 0.25) is 0 Å². The number of alkyl halides is 1. The van der Waals surface area contributed by atoms with Gasteiger partial charge >= 0.3 is 5.97 Å². The molecule has 0 aliphatic carbocycles. The molecule has 0 fully saturated rings. The van der Waals surface area contributed by atoms with Crippen molar-refractivity contribution in [3.05, 3.63) is 71.8 Å². The van der Waals surface area contributed by atoms with Crippen molar-refractivity contribution in [2.75, 3.05) is 0 Å². The summed E-state index contributed by atoms with van der Waals surface area (Å²) in [5, 5.41) is 0. The van der Waals surface area contributed by atoms with Crippen molar-refractivity contribution in [3.8, 4) is 0 Å². The first kappa shape index (κ1) is 16.8. The third-order valence-corrected chi connectivity index (χ3v) is 4.34. The fourth-order valence-electron chi connectivity index (χ4n) is 2.28. The van der Waals surface area contributed by atoms with Gasteiger partial charge in [0.1, 0.15) is 4.83 Å². The van der Waals surface area contributed by atoms with Crippen LogP contribution in [0.1, 0.15) is 43.4 Å². The average Bonchev–Trinajstić information content (AvgIpc) is 2.58. The summed E-state index contributed by atoms with van der Waals surface area (Å²) in [5.74, 6) is -0.203. The van der Waals surface area contributed by atoms with Gasteiger partial charge in [-0.15, -0.1) is 0 Å². The molecule has 1 unspecified atom stereocenters. The van der Waals surface area contributed by atoms with Crippen LogP contribution in [0.2, 0.25) is 0 Å². The molecule has 2 aromatic carbocycles. The van der Waals surface area contributed by atoms with Crippen LogP contribution in [-0.2, 0) is 9.53 Å². The molecule has 0 heterocycles. The molecule has 22 heavy (non-hydrogen) atoms. The van der Waals surface area contributed by atoms with E-state index in [1.165, 1.54) is 0 Å². The lowest BCUT2D eigenvalue weighted by molar-refractivity contribution is -0.146. The summed E-state index contributed by atoms with van der Waals surface area (Å²) in [6, 6.07) is 19.7. The van der Waals surface area contributed by atoms with Crippen molar-refractivity contribution in [2.45, 2.75) is 37.1 Å². The third kappa shape index (κ3) is 4.70. The number of carbonyl (C=O) groups excluding carboxylic acids is 1. The molecule has 0 amide bonds. The van der Waals surface area contributed by atoms with E-state index in [1.807, 2.05) is 60.7 Å². The highest BCUT2D eigenvalue weighted by atomic mass is 79.9. The minimum absolute atomic E-state index is 0.203. The van der Waals surface area contributed by atoms with E-state index >= 15 is 0 Å². The second-order valence-corrected chi connectivity index (χ2v) is 6.35. The molecule has 0 spiro atoms. The molecule has 0 aliphatic heterocycles. The Morgan fingerprint density at radius 1 is 1.00 bits per heavy atom. The molecule has 116 valence electrons. The van der Waals surface area contributed by atoms with Crippen molar-refractivity contribution in [1.82, 2.24) is 0 Å². The fraction of sp³-hybridized carbons (Fsp3) is 0.316. The maximum Gasteiger partial charge on any atom is 0.320 e. The molecule has 1 atom stereocenters. The first-order valence-electron chi connectivity index (χ1n) is 7.66. The van der Waals surface area contributed by atoms with Crippen molar-refractivity contribution < 1.29 is 9.53 Å². The molecule has 0 bridgehead atoms. The summed E-state index contributed by atoms with van der Waals surface area (Å²) >= 11 is 3.44. The number of esters is 1. The highest BCUT2D eigenvalue weighted by molar-refractivity contribution is 9.10. The molecule has 0 saturated carbocycles. The first-order chi connectivity index (χ1) is 10.7. The van der Waals surface area contributed by atoms with Crippen LogP contribution in [0.4, 0.5) is 0 Å². The number of hydrogen-bond acceptors (Lipinski definition) is 2. The Bertz CT molecular complexity index is 529. The fourth-order valence-corrected chi connectivity index (χ4v) is 2.71. The number of halogens is 1. The van der Waals surface area contributed by atoms with Gasteiger partial charge in [-0.3, -0.25) is 4.79 Å². The van der Waals surface area contributed by atoms with Gasteiger partial charge in [0.25, 0.3) is 0 Å². The Labute approximate surface area is 140 Å². The summed E-state index contributed by atoms with van der Waals surface area (Å²) in [4.78, 5) is 12.1. The normalized spacial score (nSPS) is 12.1. The van der Waals surface area contributed by atoms with E-state index in [0.29, 0.717) is 0 Å². The lowest BCUT2D eigenvalue weighted by atomic mass is 10.0. The van der Waals surface area contributed by atoms with Crippen molar-refractivity contribution in [3.63, 3.8) is 0 Å². The van der Waals surface area contributed by atoms with E-state index in [4.69, 9.17) is 4.74 Å². The van der Waals surface area contributed by atoms with Gasteiger partial charge in [-0.1, -0.05) is 96.4 Å². The molecule has 3 heteroatoms. The topological polar surface area (TPSA) is 26.3 Å². The minimum Gasteiger partial charge on any atom is -0.452 e. The van der Waals surface area contributed by atoms with Gasteiger partial charge in [-0.05, 0) is 17.5 Å². The molecule has 0 radical (unpaired) electrons. The Kier molecular flexibility index (Phi) is 6.66. The molecular weight excluding hydrogens is 340 g/mol. The van der Waals surface area contributed by atoms with Gasteiger partial charge in [0.15, 0.2) is 6.10 Å². The lowest BCUT2D eigenvalue weighted by Crippen LogP contribution is -2.21. The van der Waals surface area contributed by atoms with Crippen LogP contribution in [0.5, 0.6) is 0 Å². The Balaban J connectivity index is 2.17. The second-order valence-electron chi connectivity index (χ2n) is 5.25. The van der Waals surface area contributed by atoms with Crippen LogP contribution < -0.4 is 0 Å². The van der Waals surface area contributed by atoms with E-state index in [1.54, 1.807) is 0 Å². The monoisotopic (exact) mass is 360 g/mol. The van der Waals surface area contributed by atoms with Gasteiger partial charge < -0.3 is 4.74 Å². The number of ether oxygens (including phenoxy) is 1. The second kappa shape index (κ2) is 8.74. The number of hydrogen-bond donors (Lipinski definition) is 0. The molecule has 0 aromatic heterocycles. The predicted molar refractivity (Wildman–Crippen MR) is 93.1 cm³/mol. The molecule has 2 rings (SSSR count). The van der Waals surface area contributed by atoms with Gasteiger partial charge in [-0.2, -0.15) is 0 Å². The van der Waals surface area contributed by atoms with Gasteiger partial charge in [0, 0.05) is 0 Å². The molecular formula is C19H21BrO2. The standard InChI is InChI=1S/C19H21BrO2/c1-2-3-14-17(20)19(21)22-18(15-10-6-4-7-11-15)16-12-8-5-9-13-16/h4-13,17-18H,2-3,14H2,1H3. The van der Waals surface area contributed by atoms with Gasteiger partial charge in [-0.25, -0.2) is 0 Å². The van der Waals surface area contributed by atoms with Crippen molar-refractivity contribution in [1.29, 1.82) is 0 Å². The summed E-state index contributed by atoms with van der Waals surface area (Å²) in [6.07, 6.45) is 2.50. The molecule has 2 aromatic rings. The van der Waals surface area contributed by atoms with E-state index < -0.39 is 0 Å². The van der Waals surface area contributed by atoms with Crippen LogP contribution in [0, 0.1) is 0 Å². The molecule has 2 nitrogen and oxygen atoms in total. The molecule has 0 N–H and O–H groups in total. The Hall–Kier alpha value is -1.61. The van der Waals surface area contributed by atoms with E-state index in [2.05, 4.69) is 22.9 Å².